The first-order valence-electron chi connectivity index (χ1n) is 7.90. The minimum Gasteiger partial charge on any atom is -0.299 e. The molecule has 0 aliphatic heterocycles. The molecule has 1 aromatic carbocycles. The van der Waals surface area contributed by atoms with E-state index in [1.807, 2.05) is 0 Å². The number of rotatable bonds is 4. The number of carbonyl (C=O) groups is 1. The van der Waals surface area contributed by atoms with Crippen LogP contribution in [0, 0.1) is 17.8 Å². The molecule has 2 saturated carbocycles. The molecule has 0 amide bonds. The third-order valence-electron chi connectivity index (χ3n) is 5.18. The molecule has 0 radical (unpaired) electrons. The minimum atomic E-state index is 0.333. The molecule has 0 heterocycles. The lowest BCUT2D eigenvalue weighted by molar-refractivity contribution is -0.127. The molecule has 2 aliphatic rings. The normalized spacial score (nSPS) is 33.9. The zero-order valence-corrected chi connectivity index (χ0v) is 11.8. The second-order valence-electron chi connectivity index (χ2n) is 6.32. The maximum atomic E-state index is 12.7. The van der Waals surface area contributed by atoms with Crippen molar-refractivity contribution >= 4 is 5.78 Å². The van der Waals surface area contributed by atoms with Crippen LogP contribution >= 0.6 is 0 Å². The molecule has 1 heteroatoms. The molecule has 0 saturated heterocycles. The van der Waals surface area contributed by atoms with Gasteiger partial charge in [-0.05, 0) is 36.7 Å². The maximum Gasteiger partial charge on any atom is 0.139 e. The third-order valence-corrected chi connectivity index (χ3v) is 5.18. The van der Waals surface area contributed by atoms with Crippen molar-refractivity contribution in [2.45, 2.75) is 51.4 Å². The summed E-state index contributed by atoms with van der Waals surface area (Å²) in [4.78, 5) is 12.7. The Hall–Kier alpha value is -1.11. The monoisotopic (exact) mass is 256 g/mol. The molecule has 0 spiro atoms. The van der Waals surface area contributed by atoms with Crippen LogP contribution in [0.1, 0.15) is 56.9 Å². The van der Waals surface area contributed by atoms with Gasteiger partial charge in [0.15, 0.2) is 0 Å². The van der Waals surface area contributed by atoms with Gasteiger partial charge in [-0.1, -0.05) is 56.5 Å². The van der Waals surface area contributed by atoms with Gasteiger partial charge in [0.1, 0.15) is 5.78 Å². The lowest BCUT2D eigenvalue weighted by atomic mass is 9.74. The molecule has 19 heavy (non-hydrogen) atoms. The van der Waals surface area contributed by atoms with Gasteiger partial charge in [0, 0.05) is 11.8 Å². The average Bonchev–Trinajstić information content (AvgIpc) is 3.28. The van der Waals surface area contributed by atoms with Crippen molar-refractivity contribution in [3.63, 3.8) is 0 Å². The van der Waals surface area contributed by atoms with Crippen LogP contribution in [0.25, 0.3) is 0 Å². The maximum absolute atomic E-state index is 12.7. The van der Waals surface area contributed by atoms with Crippen LogP contribution in [0.3, 0.4) is 0 Å². The van der Waals surface area contributed by atoms with E-state index in [-0.39, 0.29) is 0 Å². The van der Waals surface area contributed by atoms with Gasteiger partial charge in [0.25, 0.3) is 0 Å². The number of Topliss-reactive ketones (excluding diaryl/α,β-unsaturated/α-hetero) is 1. The van der Waals surface area contributed by atoms with Gasteiger partial charge in [-0.3, -0.25) is 4.79 Å². The van der Waals surface area contributed by atoms with Crippen molar-refractivity contribution in [2.75, 3.05) is 0 Å². The molecular weight excluding hydrogens is 232 g/mol. The van der Waals surface area contributed by atoms with Crippen molar-refractivity contribution in [3.8, 4) is 0 Å². The number of hydrogen-bond acceptors (Lipinski definition) is 1. The highest BCUT2D eigenvalue weighted by molar-refractivity contribution is 5.87. The second-order valence-corrected chi connectivity index (χ2v) is 6.32. The summed E-state index contributed by atoms with van der Waals surface area (Å²) in [6.07, 6.45) is 7.28. The van der Waals surface area contributed by atoms with E-state index in [0.717, 1.165) is 12.8 Å². The van der Waals surface area contributed by atoms with E-state index in [0.29, 0.717) is 29.5 Å². The summed E-state index contributed by atoms with van der Waals surface area (Å²) in [5.41, 5.74) is 1.37. The van der Waals surface area contributed by atoms with Crippen LogP contribution in [0.2, 0.25) is 0 Å². The van der Waals surface area contributed by atoms with Crippen LogP contribution in [0.5, 0.6) is 0 Å². The number of carbonyl (C=O) groups excluding carboxylic acids is 1. The van der Waals surface area contributed by atoms with Crippen LogP contribution in [0.15, 0.2) is 30.3 Å². The smallest absolute Gasteiger partial charge is 0.139 e. The van der Waals surface area contributed by atoms with Crippen LogP contribution in [-0.2, 0) is 4.79 Å². The molecule has 0 N–H and O–H groups in total. The van der Waals surface area contributed by atoms with E-state index in [2.05, 4.69) is 37.3 Å². The van der Waals surface area contributed by atoms with Crippen molar-refractivity contribution < 1.29 is 4.79 Å². The summed E-state index contributed by atoms with van der Waals surface area (Å²) in [6, 6.07) is 10.6. The van der Waals surface area contributed by atoms with Gasteiger partial charge in [-0.25, -0.2) is 0 Å². The van der Waals surface area contributed by atoms with E-state index in [4.69, 9.17) is 0 Å². The Balaban J connectivity index is 1.66. The predicted molar refractivity (Wildman–Crippen MR) is 78.0 cm³/mol. The highest BCUT2D eigenvalue weighted by Crippen LogP contribution is 2.51. The summed E-state index contributed by atoms with van der Waals surface area (Å²) in [5.74, 6) is 2.48. The molecular formula is C18H24O. The molecule has 0 bridgehead atoms. The first kappa shape index (κ1) is 12.9. The van der Waals surface area contributed by atoms with E-state index >= 15 is 0 Å². The quantitative estimate of drug-likeness (QED) is 0.771. The number of ketones is 1. The lowest BCUT2D eigenvalue weighted by Gasteiger charge is -2.29. The zero-order valence-electron chi connectivity index (χ0n) is 11.8. The second kappa shape index (κ2) is 5.48. The average molecular weight is 256 g/mol. The van der Waals surface area contributed by atoms with Crippen LogP contribution in [0.4, 0.5) is 0 Å². The number of hydrogen-bond donors (Lipinski definition) is 0. The van der Waals surface area contributed by atoms with Crippen molar-refractivity contribution in [1.82, 2.24) is 0 Å². The summed E-state index contributed by atoms with van der Waals surface area (Å²) >= 11 is 0. The minimum absolute atomic E-state index is 0.333. The zero-order chi connectivity index (χ0) is 13.2. The summed E-state index contributed by atoms with van der Waals surface area (Å²) < 4.78 is 0. The summed E-state index contributed by atoms with van der Waals surface area (Å²) in [6.45, 7) is 2.25. The van der Waals surface area contributed by atoms with Gasteiger partial charge < -0.3 is 0 Å². The molecule has 102 valence electrons. The highest BCUT2D eigenvalue weighted by atomic mass is 16.1. The van der Waals surface area contributed by atoms with E-state index < -0.39 is 0 Å². The van der Waals surface area contributed by atoms with Gasteiger partial charge in [-0.15, -0.1) is 0 Å². The first-order chi connectivity index (χ1) is 9.31. The largest absolute Gasteiger partial charge is 0.299 e. The molecule has 4 unspecified atom stereocenters. The Labute approximate surface area is 116 Å². The first-order valence-corrected chi connectivity index (χ1v) is 7.90. The fourth-order valence-corrected chi connectivity index (χ4v) is 3.92. The Morgan fingerprint density at radius 2 is 1.84 bits per heavy atom. The van der Waals surface area contributed by atoms with Crippen molar-refractivity contribution in [1.29, 1.82) is 0 Å². The fraction of sp³-hybridized carbons (Fsp3) is 0.611. The molecule has 0 aromatic heterocycles. The van der Waals surface area contributed by atoms with E-state index in [1.54, 1.807) is 0 Å². The molecule has 2 aliphatic carbocycles. The van der Waals surface area contributed by atoms with Gasteiger partial charge in [-0.2, -0.15) is 0 Å². The molecule has 1 nitrogen and oxygen atoms in total. The Bertz CT molecular complexity index is 436. The van der Waals surface area contributed by atoms with Crippen LogP contribution in [-0.4, -0.2) is 5.78 Å². The highest BCUT2D eigenvalue weighted by Gasteiger charge is 2.47. The molecule has 1 aromatic rings. The van der Waals surface area contributed by atoms with E-state index in [1.165, 1.54) is 31.2 Å². The topological polar surface area (TPSA) is 17.1 Å². The van der Waals surface area contributed by atoms with Crippen molar-refractivity contribution in [2.24, 2.45) is 17.8 Å². The predicted octanol–water partition coefficient (Wildman–Crippen LogP) is 4.58. The van der Waals surface area contributed by atoms with Crippen LogP contribution < -0.4 is 0 Å². The summed E-state index contributed by atoms with van der Waals surface area (Å²) in [5, 5.41) is 0. The number of benzene rings is 1. The van der Waals surface area contributed by atoms with E-state index in [9.17, 15) is 4.79 Å². The summed E-state index contributed by atoms with van der Waals surface area (Å²) in [7, 11) is 0. The van der Waals surface area contributed by atoms with Gasteiger partial charge >= 0.3 is 0 Å². The van der Waals surface area contributed by atoms with Gasteiger partial charge in [0.2, 0.25) is 0 Å². The Kier molecular flexibility index (Phi) is 3.72. The molecule has 2 fully saturated rings. The van der Waals surface area contributed by atoms with Crippen molar-refractivity contribution in [3.05, 3.63) is 35.9 Å². The molecule has 4 atom stereocenters. The standard InChI is InChI=1S/C18H24O/c1-2-13-8-6-7-11-15(13)18(19)17-12-16(17)14-9-4-3-5-10-14/h3-5,9-10,13,15-17H,2,6-8,11-12H2,1H3. The molecule has 3 rings (SSSR count). The Morgan fingerprint density at radius 3 is 2.58 bits per heavy atom. The SMILES string of the molecule is CCC1CCCCC1C(=O)C1CC1c1ccccc1. The fourth-order valence-electron chi connectivity index (χ4n) is 3.92. The Morgan fingerprint density at radius 1 is 1.11 bits per heavy atom. The lowest BCUT2D eigenvalue weighted by Crippen LogP contribution is -2.28. The van der Waals surface area contributed by atoms with Gasteiger partial charge in [0.05, 0.1) is 0 Å². The third kappa shape index (κ3) is 2.61.